The molecular weight excluding hydrogens is 521 g/mol. The highest BCUT2D eigenvalue weighted by Crippen LogP contribution is 2.27. The summed E-state index contributed by atoms with van der Waals surface area (Å²) in [6.07, 6.45) is 3.39. The van der Waals surface area contributed by atoms with Gasteiger partial charge in [-0.15, -0.1) is 35.3 Å². The Kier molecular flexibility index (Phi) is 10.8. The van der Waals surface area contributed by atoms with E-state index in [1.54, 1.807) is 19.0 Å². The summed E-state index contributed by atoms with van der Waals surface area (Å²) in [4.78, 5) is 22.1. The minimum Gasteiger partial charge on any atom is -0.356 e. The van der Waals surface area contributed by atoms with Crippen molar-refractivity contribution in [1.82, 2.24) is 20.4 Å². The second-order valence-corrected chi connectivity index (χ2v) is 8.78. The number of guanidine groups is 1. The number of likely N-dealkylation sites (tertiary alicyclic amines) is 1. The summed E-state index contributed by atoms with van der Waals surface area (Å²) < 4.78 is 0. The molecule has 1 aliphatic heterocycles. The van der Waals surface area contributed by atoms with Gasteiger partial charge in [-0.3, -0.25) is 14.7 Å². The van der Waals surface area contributed by atoms with Gasteiger partial charge in [-0.1, -0.05) is 18.2 Å². The Morgan fingerprint density at radius 2 is 1.97 bits per heavy atom. The molecule has 1 atom stereocenters. The van der Waals surface area contributed by atoms with Crippen molar-refractivity contribution in [2.24, 2.45) is 4.99 Å². The third kappa shape index (κ3) is 7.47. The highest BCUT2D eigenvalue weighted by Gasteiger charge is 2.24. The molecule has 8 heteroatoms. The van der Waals surface area contributed by atoms with E-state index in [1.165, 1.54) is 17.7 Å². The summed E-state index contributed by atoms with van der Waals surface area (Å²) in [6, 6.07) is 12.6. The maximum absolute atomic E-state index is 12.2. The number of amides is 1. The molecule has 1 aromatic carbocycles. The quantitative estimate of drug-likeness (QED) is 0.297. The first-order valence-corrected chi connectivity index (χ1v) is 11.5. The zero-order valence-electron chi connectivity index (χ0n) is 18.6. The Hall–Kier alpha value is -1.65. The summed E-state index contributed by atoms with van der Waals surface area (Å²) in [5.41, 5.74) is 1.86. The highest BCUT2D eigenvalue weighted by atomic mass is 127. The Balaban J connectivity index is 0.00000341. The molecule has 1 aromatic heterocycles. The Labute approximate surface area is 207 Å². The van der Waals surface area contributed by atoms with Gasteiger partial charge in [-0.2, -0.15) is 0 Å². The van der Waals surface area contributed by atoms with Crippen LogP contribution in [0.15, 0.2) is 46.8 Å². The standard InChI is InChI=1S/C23H33N5OS.HI/c1-24-23(25-12-11-18-8-6-9-19(16-18)22(29)27(2)3)26-17-20(21-10-7-15-30-21)28-13-4-5-14-28;/h6-10,15-16,20H,4-5,11-14,17H2,1-3H3,(H2,24,25,26);1H. The fourth-order valence-electron chi connectivity index (χ4n) is 3.80. The lowest BCUT2D eigenvalue weighted by atomic mass is 10.1. The van der Waals surface area contributed by atoms with E-state index in [0.717, 1.165) is 49.7 Å². The van der Waals surface area contributed by atoms with E-state index in [2.05, 4.69) is 44.1 Å². The fourth-order valence-corrected chi connectivity index (χ4v) is 4.66. The largest absolute Gasteiger partial charge is 0.356 e. The van der Waals surface area contributed by atoms with E-state index < -0.39 is 0 Å². The number of carbonyl (C=O) groups is 1. The van der Waals surface area contributed by atoms with E-state index in [-0.39, 0.29) is 29.9 Å². The normalized spacial score (nSPS) is 15.3. The molecule has 3 rings (SSSR count). The number of hydrogen-bond acceptors (Lipinski definition) is 4. The van der Waals surface area contributed by atoms with Crippen molar-refractivity contribution in [2.45, 2.75) is 25.3 Å². The lowest BCUT2D eigenvalue weighted by molar-refractivity contribution is 0.0827. The molecule has 1 fully saturated rings. The van der Waals surface area contributed by atoms with Crippen molar-refractivity contribution in [2.75, 3.05) is 47.3 Å². The van der Waals surface area contributed by atoms with E-state index in [1.807, 2.05) is 36.6 Å². The lowest BCUT2D eigenvalue weighted by Gasteiger charge is -2.27. The molecule has 2 heterocycles. The minimum atomic E-state index is 0. The van der Waals surface area contributed by atoms with Gasteiger partial charge in [0.2, 0.25) is 0 Å². The SMILES string of the molecule is CN=C(NCCc1cccc(C(=O)N(C)C)c1)NCC(c1cccs1)N1CCCC1.I. The zero-order chi connectivity index (χ0) is 21.3. The third-order valence-corrected chi connectivity index (χ3v) is 6.40. The van der Waals surface area contributed by atoms with Gasteiger partial charge < -0.3 is 15.5 Å². The number of halogens is 1. The van der Waals surface area contributed by atoms with Crippen LogP contribution in [-0.4, -0.2) is 69.0 Å². The van der Waals surface area contributed by atoms with Crippen molar-refractivity contribution in [1.29, 1.82) is 0 Å². The lowest BCUT2D eigenvalue weighted by Crippen LogP contribution is -2.43. The molecule has 0 radical (unpaired) electrons. The predicted octanol–water partition coefficient (Wildman–Crippen LogP) is 3.61. The molecule has 1 unspecified atom stereocenters. The van der Waals surface area contributed by atoms with Gasteiger partial charge in [0.25, 0.3) is 5.91 Å². The molecule has 1 aliphatic rings. The van der Waals surface area contributed by atoms with E-state index in [0.29, 0.717) is 6.04 Å². The van der Waals surface area contributed by atoms with E-state index >= 15 is 0 Å². The zero-order valence-corrected chi connectivity index (χ0v) is 21.8. The van der Waals surface area contributed by atoms with Crippen LogP contribution >= 0.6 is 35.3 Å². The van der Waals surface area contributed by atoms with E-state index in [9.17, 15) is 4.79 Å². The highest BCUT2D eigenvalue weighted by molar-refractivity contribution is 14.0. The van der Waals surface area contributed by atoms with Crippen molar-refractivity contribution >= 4 is 47.2 Å². The molecule has 0 spiro atoms. The summed E-state index contributed by atoms with van der Waals surface area (Å²) in [5, 5.41) is 9.07. The van der Waals surface area contributed by atoms with Crippen LogP contribution in [0.25, 0.3) is 0 Å². The number of aliphatic imine (C=N–C) groups is 1. The number of thiophene rings is 1. The summed E-state index contributed by atoms with van der Waals surface area (Å²) in [5.74, 6) is 0.847. The second-order valence-electron chi connectivity index (χ2n) is 7.80. The van der Waals surface area contributed by atoms with Crippen molar-refractivity contribution < 1.29 is 4.79 Å². The average Bonchev–Trinajstić information content (AvgIpc) is 3.47. The van der Waals surface area contributed by atoms with Crippen molar-refractivity contribution in [3.05, 3.63) is 57.8 Å². The number of benzene rings is 1. The molecule has 0 bridgehead atoms. The molecule has 1 saturated heterocycles. The summed E-state index contributed by atoms with van der Waals surface area (Å²) in [7, 11) is 5.36. The van der Waals surface area contributed by atoms with Crippen LogP contribution in [0.5, 0.6) is 0 Å². The summed E-state index contributed by atoms with van der Waals surface area (Å²) in [6.45, 7) is 3.93. The fraction of sp³-hybridized carbons (Fsp3) is 0.478. The van der Waals surface area contributed by atoms with Gasteiger partial charge in [-0.05, 0) is 61.5 Å². The van der Waals surface area contributed by atoms with Crippen LogP contribution in [0, 0.1) is 0 Å². The number of hydrogen-bond donors (Lipinski definition) is 2. The van der Waals surface area contributed by atoms with Gasteiger partial charge in [-0.25, -0.2) is 0 Å². The van der Waals surface area contributed by atoms with Gasteiger partial charge in [0, 0.05) is 44.7 Å². The van der Waals surface area contributed by atoms with Crippen LogP contribution in [-0.2, 0) is 6.42 Å². The maximum atomic E-state index is 12.2. The monoisotopic (exact) mass is 555 g/mol. The molecule has 1 amide bonds. The average molecular weight is 556 g/mol. The Morgan fingerprint density at radius 3 is 2.61 bits per heavy atom. The van der Waals surface area contributed by atoms with E-state index in [4.69, 9.17) is 0 Å². The van der Waals surface area contributed by atoms with Gasteiger partial charge in [0.05, 0.1) is 6.04 Å². The van der Waals surface area contributed by atoms with Gasteiger partial charge in [0.15, 0.2) is 5.96 Å². The third-order valence-electron chi connectivity index (χ3n) is 5.43. The molecule has 2 aromatic rings. The number of nitrogens with zero attached hydrogens (tertiary/aromatic N) is 3. The molecule has 2 N–H and O–H groups in total. The number of rotatable bonds is 8. The van der Waals surface area contributed by atoms with Crippen LogP contribution in [0.4, 0.5) is 0 Å². The molecule has 0 saturated carbocycles. The number of nitrogens with one attached hydrogen (secondary N) is 2. The summed E-state index contributed by atoms with van der Waals surface area (Å²) >= 11 is 1.82. The maximum Gasteiger partial charge on any atom is 0.253 e. The van der Waals surface area contributed by atoms with Crippen LogP contribution in [0.2, 0.25) is 0 Å². The topological polar surface area (TPSA) is 60.0 Å². The molecule has 0 aliphatic carbocycles. The smallest absolute Gasteiger partial charge is 0.253 e. The first-order chi connectivity index (χ1) is 14.6. The Bertz CT molecular complexity index is 834. The first-order valence-electron chi connectivity index (χ1n) is 10.6. The van der Waals surface area contributed by atoms with Gasteiger partial charge >= 0.3 is 0 Å². The second kappa shape index (κ2) is 13.0. The van der Waals surface area contributed by atoms with Crippen LogP contribution in [0.3, 0.4) is 0 Å². The molecular formula is C23H34IN5OS. The van der Waals surface area contributed by atoms with Crippen molar-refractivity contribution in [3.63, 3.8) is 0 Å². The molecule has 31 heavy (non-hydrogen) atoms. The minimum absolute atomic E-state index is 0. The van der Waals surface area contributed by atoms with Crippen molar-refractivity contribution in [3.8, 4) is 0 Å². The number of carbonyl (C=O) groups excluding carboxylic acids is 1. The van der Waals surface area contributed by atoms with Crippen LogP contribution in [0.1, 0.15) is 39.7 Å². The first kappa shape index (κ1) is 25.6. The van der Waals surface area contributed by atoms with Gasteiger partial charge in [0.1, 0.15) is 0 Å². The van der Waals surface area contributed by atoms with Crippen LogP contribution < -0.4 is 10.6 Å². The molecule has 6 nitrogen and oxygen atoms in total. The predicted molar refractivity (Wildman–Crippen MR) is 141 cm³/mol. The molecule has 170 valence electrons. The Morgan fingerprint density at radius 1 is 1.19 bits per heavy atom.